The van der Waals surface area contributed by atoms with Crippen LogP contribution in [0.15, 0.2) is 18.2 Å². The Balaban J connectivity index is 2.08. The highest BCUT2D eigenvalue weighted by Gasteiger charge is 2.21. The van der Waals surface area contributed by atoms with Crippen molar-refractivity contribution in [1.29, 1.82) is 0 Å². The number of nitrogens with two attached hydrogens (primary N) is 1. The van der Waals surface area contributed by atoms with Gasteiger partial charge in [0.05, 0.1) is 0 Å². The third kappa shape index (κ3) is 3.06. The second-order valence-electron chi connectivity index (χ2n) is 5.03. The molecule has 2 unspecified atom stereocenters. The fourth-order valence-corrected chi connectivity index (χ4v) is 2.38. The van der Waals surface area contributed by atoms with Crippen molar-refractivity contribution in [3.63, 3.8) is 0 Å². The number of nitrogens with one attached hydrogen (secondary N) is 1. The number of rotatable bonds is 4. The quantitative estimate of drug-likeness (QED) is 0.620. The molecule has 2 rings (SSSR count). The van der Waals surface area contributed by atoms with E-state index in [4.69, 9.17) is 10.6 Å². The molecule has 0 amide bonds. The summed E-state index contributed by atoms with van der Waals surface area (Å²) < 4.78 is 5.41. The summed E-state index contributed by atoms with van der Waals surface area (Å²) in [5, 5.41) is 0. The molecule has 94 valence electrons. The number of benzene rings is 1. The molecule has 0 aromatic heterocycles. The molecule has 3 heteroatoms. The lowest BCUT2D eigenvalue weighted by Gasteiger charge is -2.20. The molecule has 3 nitrogen and oxygen atoms in total. The van der Waals surface area contributed by atoms with Crippen LogP contribution in [0.5, 0.6) is 0 Å². The SMILES string of the molecule is Cc1ccc(C(CC2CCOC2)NN)cc1C. The summed E-state index contributed by atoms with van der Waals surface area (Å²) in [6, 6.07) is 6.80. The maximum Gasteiger partial charge on any atom is 0.0495 e. The molecular formula is C14H22N2O. The lowest BCUT2D eigenvalue weighted by molar-refractivity contribution is 0.181. The topological polar surface area (TPSA) is 47.3 Å². The summed E-state index contributed by atoms with van der Waals surface area (Å²) in [6.45, 7) is 6.05. The van der Waals surface area contributed by atoms with Crippen molar-refractivity contribution in [1.82, 2.24) is 5.43 Å². The molecule has 1 aromatic rings. The number of hydrogen-bond donors (Lipinski definition) is 2. The summed E-state index contributed by atoms with van der Waals surface area (Å²) in [5.41, 5.74) is 6.87. The van der Waals surface area contributed by atoms with E-state index in [1.165, 1.54) is 16.7 Å². The Morgan fingerprint density at radius 1 is 1.41 bits per heavy atom. The van der Waals surface area contributed by atoms with E-state index >= 15 is 0 Å². The van der Waals surface area contributed by atoms with Gasteiger partial charge in [-0.05, 0) is 49.3 Å². The van der Waals surface area contributed by atoms with Crippen LogP contribution in [0.3, 0.4) is 0 Å². The molecule has 3 N–H and O–H groups in total. The van der Waals surface area contributed by atoms with Gasteiger partial charge in [0.25, 0.3) is 0 Å². The van der Waals surface area contributed by atoms with E-state index in [0.717, 1.165) is 26.1 Å². The zero-order valence-corrected chi connectivity index (χ0v) is 10.7. The minimum atomic E-state index is 0.237. The van der Waals surface area contributed by atoms with Crippen molar-refractivity contribution in [2.75, 3.05) is 13.2 Å². The third-order valence-electron chi connectivity index (χ3n) is 3.73. The summed E-state index contributed by atoms with van der Waals surface area (Å²) in [4.78, 5) is 0. The minimum Gasteiger partial charge on any atom is -0.381 e. The van der Waals surface area contributed by atoms with E-state index in [1.807, 2.05) is 0 Å². The summed E-state index contributed by atoms with van der Waals surface area (Å²) in [5.74, 6) is 6.32. The van der Waals surface area contributed by atoms with Crippen LogP contribution >= 0.6 is 0 Å². The van der Waals surface area contributed by atoms with Crippen molar-refractivity contribution in [3.05, 3.63) is 34.9 Å². The van der Waals surface area contributed by atoms with Crippen molar-refractivity contribution in [2.45, 2.75) is 32.7 Å². The molecule has 0 aliphatic carbocycles. The molecule has 0 spiro atoms. The van der Waals surface area contributed by atoms with E-state index in [9.17, 15) is 0 Å². The molecule has 2 atom stereocenters. The van der Waals surface area contributed by atoms with Crippen LogP contribution in [0.25, 0.3) is 0 Å². The van der Waals surface area contributed by atoms with E-state index in [2.05, 4.69) is 37.5 Å². The summed E-state index contributed by atoms with van der Waals surface area (Å²) in [6.07, 6.45) is 2.21. The summed E-state index contributed by atoms with van der Waals surface area (Å²) >= 11 is 0. The first-order valence-corrected chi connectivity index (χ1v) is 6.31. The Bertz CT molecular complexity index is 372. The molecule has 0 saturated carbocycles. The van der Waals surface area contributed by atoms with Gasteiger partial charge >= 0.3 is 0 Å². The molecule has 1 fully saturated rings. The maximum atomic E-state index is 5.68. The molecule has 1 saturated heterocycles. The van der Waals surface area contributed by atoms with Gasteiger partial charge in [0.1, 0.15) is 0 Å². The van der Waals surface area contributed by atoms with Crippen LogP contribution in [0.2, 0.25) is 0 Å². The molecule has 17 heavy (non-hydrogen) atoms. The van der Waals surface area contributed by atoms with Crippen molar-refractivity contribution < 1.29 is 4.74 Å². The highest BCUT2D eigenvalue weighted by Crippen LogP contribution is 2.27. The highest BCUT2D eigenvalue weighted by atomic mass is 16.5. The minimum absolute atomic E-state index is 0.237. The fourth-order valence-electron chi connectivity index (χ4n) is 2.38. The number of aryl methyl sites for hydroxylation is 2. The first-order chi connectivity index (χ1) is 8.20. The van der Waals surface area contributed by atoms with Gasteiger partial charge in [0.2, 0.25) is 0 Å². The van der Waals surface area contributed by atoms with E-state index in [1.54, 1.807) is 0 Å². The van der Waals surface area contributed by atoms with Crippen LogP contribution in [-0.2, 0) is 4.74 Å². The lowest BCUT2D eigenvalue weighted by atomic mass is 9.93. The predicted octanol–water partition coefficient (Wildman–Crippen LogP) is 2.23. The first kappa shape index (κ1) is 12.6. The zero-order chi connectivity index (χ0) is 12.3. The van der Waals surface area contributed by atoms with Gasteiger partial charge in [0.15, 0.2) is 0 Å². The smallest absolute Gasteiger partial charge is 0.0495 e. The van der Waals surface area contributed by atoms with Crippen molar-refractivity contribution in [3.8, 4) is 0 Å². The molecule has 1 aliphatic heterocycles. The van der Waals surface area contributed by atoms with Gasteiger partial charge in [-0.1, -0.05) is 18.2 Å². The van der Waals surface area contributed by atoms with E-state index in [-0.39, 0.29) is 6.04 Å². The monoisotopic (exact) mass is 234 g/mol. The molecular weight excluding hydrogens is 212 g/mol. The van der Waals surface area contributed by atoms with Crippen LogP contribution in [-0.4, -0.2) is 13.2 Å². The number of hydrazine groups is 1. The normalized spacial score (nSPS) is 21.7. The predicted molar refractivity (Wildman–Crippen MR) is 69.5 cm³/mol. The Hall–Kier alpha value is -0.900. The average Bonchev–Trinajstić information content (AvgIpc) is 2.82. The van der Waals surface area contributed by atoms with Crippen LogP contribution in [0.4, 0.5) is 0 Å². The largest absolute Gasteiger partial charge is 0.381 e. The molecule has 0 radical (unpaired) electrons. The van der Waals surface area contributed by atoms with Crippen LogP contribution in [0.1, 0.15) is 35.6 Å². The second kappa shape index (κ2) is 5.63. The fraction of sp³-hybridized carbons (Fsp3) is 0.571. The van der Waals surface area contributed by atoms with E-state index in [0.29, 0.717) is 5.92 Å². The molecule has 1 aromatic carbocycles. The Morgan fingerprint density at radius 3 is 2.82 bits per heavy atom. The lowest BCUT2D eigenvalue weighted by Crippen LogP contribution is -2.30. The highest BCUT2D eigenvalue weighted by molar-refractivity contribution is 5.31. The van der Waals surface area contributed by atoms with Crippen LogP contribution in [0, 0.1) is 19.8 Å². The van der Waals surface area contributed by atoms with Crippen molar-refractivity contribution >= 4 is 0 Å². The number of hydrogen-bond acceptors (Lipinski definition) is 3. The Kier molecular flexibility index (Phi) is 4.15. The third-order valence-corrected chi connectivity index (χ3v) is 3.73. The van der Waals surface area contributed by atoms with Gasteiger partial charge in [-0.15, -0.1) is 0 Å². The van der Waals surface area contributed by atoms with Gasteiger partial charge in [-0.2, -0.15) is 0 Å². The standard InChI is InChI=1S/C14H22N2O/c1-10-3-4-13(7-11(10)2)14(16-15)8-12-5-6-17-9-12/h3-4,7,12,14,16H,5-6,8-9,15H2,1-2H3. The van der Waals surface area contributed by atoms with Gasteiger partial charge < -0.3 is 4.74 Å². The first-order valence-electron chi connectivity index (χ1n) is 6.31. The Labute approximate surface area is 103 Å². The number of ether oxygens (including phenoxy) is 1. The van der Waals surface area contributed by atoms with Gasteiger partial charge in [-0.25, -0.2) is 0 Å². The average molecular weight is 234 g/mol. The van der Waals surface area contributed by atoms with E-state index < -0.39 is 0 Å². The maximum absolute atomic E-state index is 5.68. The Morgan fingerprint density at radius 2 is 2.24 bits per heavy atom. The molecule has 1 heterocycles. The molecule has 0 bridgehead atoms. The van der Waals surface area contributed by atoms with Gasteiger partial charge in [0, 0.05) is 19.3 Å². The van der Waals surface area contributed by atoms with Gasteiger partial charge in [-0.3, -0.25) is 11.3 Å². The summed E-state index contributed by atoms with van der Waals surface area (Å²) in [7, 11) is 0. The van der Waals surface area contributed by atoms with Crippen LogP contribution < -0.4 is 11.3 Å². The molecule has 1 aliphatic rings. The zero-order valence-electron chi connectivity index (χ0n) is 10.7. The van der Waals surface area contributed by atoms with Crippen molar-refractivity contribution in [2.24, 2.45) is 11.8 Å². The second-order valence-corrected chi connectivity index (χ2v) is 5.03.